The van der Waals surface area contributed by atoms with E-state index in [-0.39, 0.29) is 0 Å². The molecule has 1 aromatic rings. The summed E-state index contributed by atoms with van der Waals surface area (Å²) in [6.07, 6.45) is 3.67. The standard InChI is InChI=1S/C18H30N4O3S/c1-18(2,22-26(4,23)24)13-21-17(19-3)20-11-15-7-5-6-8-16(15)25-12-14-9-10-14/h5-8,14,22H,9-13H2,1-4H3,(H2,19,20,21). The predicted molar refractivity (Wildman–Crippen MR) is 105 cm³/mol. The molecular weight excluding hydrogens is 352 g/mol. The molecule has 0 spiro atoms. The van der Waals surface area contributed by atoms with E-state index in [1.807, 2.05) is 38.1 Å². The number of hydrogen-bond acceptors (Lipinski definition) is 4. The fourth-order valence-corrected chi connectivity index (χ4v) is 3.60. The highest BCUT2D eigenvalue weighted by molar-refractivity contribution is 7.88. The first-order valence-corrected chi connectivity index (χ1v) is 10.7. The minimum atomic E-state index is -3.27. The Bertz CT molecular complexity index is 728. The number of para-hydroxylation sites is 1. The lowest BCUT2D eigenvalue weighted by molar-refractivity contribution is 0.296. The maximum Gasteiger partial charge on any atom is 0.209 e. The van der Waals surface area contributed by atoms with E-state index < -0.39 is 15.6 Å². The third-order valence-electron chi connectivity index (χ3n) is 3.97. The number of guanidine groups is 1. The fraction of sp³-hybridized carbons (Fsp3) is 0.611. The van der Waals surface area contributed by atoms with Crippen LogP contribution in [0.4, 0.5) is 0 Å². The lowest BCUT2D eigenvalue weighted by atomic mass is 10.1. The molecule has 0 radical (unpaired) electrons. The second-order valence-electron chi connectivity index (χ2n) is 7.40. The van der Waals surface area contributed by atoms with Crippen LogP contribution in [-0.2, 0) is 16.6 Å². The minimum Gasteiger partial charge on any atom is -0.493 e. The molecule has 3 N–H and O–H groups in total. The summed E-state index contributed by atoms with van der Waals surface area (Å²) in [5.74, 6) is 2.20. The van der Waals surface area contributed by atoms with Crippen LogP contribution in [0.5, 0.6) is 5.75 Å². The largest absolute Gasteiger partial charge is 0.493 e. The summed E-state index contributed by atoms with van der Waals surface area (Å²) < 4.78 is 31.4. The topological polar surface area (TPSA) is 91.8 Å². The summed E-state index contributed by atoms with van der Waals surface area (Å²) in [7, 11) is -1.59. The third kappa shape index (κ3) is 7.61. The van der Waals surface area contributed by atoms with E-state index in [1.165, 1.54) is 12.8 Å². The van der Waals surface area contributed by atoms with Crippen molar-refractivity contribution >= 4 is 16.0 Å². The van der Waals surface area contributed by atoms with Gasteiger partial charge < -0.3 is 15.4 Å². The summed E-state index contributed by atoms with van der Waals surface area (Å²) in [6.45, 7) is 5.38. The molecule has 1 aliphatic carbocycles. The molecule has 0 saturated heterocycles. The minimum absolute atomic E-state index is 0.402. The molecule has 1 saturated carbocycles. The van der Waals surface area contributed by atoms with Crippen molar-refractivity contribution in [2.24, 2.45) is 10.9 Å². The van der Waals surface area contributed by atoms with Crippen LogP contribution < -0.4 is 20.1 Å². The van der Waals surface area contributed by atoms with Gasteiger partial charge in [0, 0.05) is 31.2 Å². The highest BCUT2D eigenvalue weighted by Crippen LogP contribution is 2.30. The molecule has 0 unspecified atom stereocenters. The van der Waals surface area contributed by atoms with Gasteiger partial charge >= 0.3 is 0 Å². The first-order chi connectivity index (χ1) is 12.2. The lowest BCUT2D eigenvalue weighted by Gasteiger charge is -2.26. The number of nitrogens with one attached hydrogen (secondary N) is 3. The molecule has 1 aliphatic rings. The zero-order valence-electron chi connectivity index (χ0n) is 16.0. The van der Waals surface area contributed by atoms with Crippen LogP contribution in [0.3, 0.4) is 0 Å². The van der Waals surface area contributed by atoms with Crippen LogP contribution >= 0.6 is 0 Å². The van der Waals surface area contributed by atoms with Gasteiger partial charge in [-0.05, 0) is 38.7 Å². The Kier molecular flexibility index (Phi) is 6.88. The van der Waals surface area contributed by atoms with Gasteiger partial charge in [0.1, 0.15) is 5.75 Å². The van der Waals surface area contributed by atoms with Gasteiger partial charge in [-0.2, -0.15) is 0 Å². The van der Waals surface area contributed by atoms with Crippen LogP contribution in [0.1, 0.15) is 32.3 Å². The lowest BCUT2D eigenvalue weighted by Crippen LogP contribution is -2.52. The fourth-order valence-electron chi connectivity index (χ4n) is 2.53. The average Bonchev–Trinajstić information content (AvgIpc) is 3.36. The van der Waals surface area contributed by atoms with Gasteiger partial charge in [0.15, 0.2) is 5.96 Å². The molecule has 26 heavy (non-hydrogen) atoms. The molecule has 2 rings (SSSR count). The molecular formula is C18H30N4O3S. The van der Waals surface area contributed by atoms with E-state index in [0.717, 1.165) is 24.2 Å². The van der Waals surface area contributed by atoms with E-state index in [2.05, 4.69) is 20.3 Å². The number of hydrogen-bond donors (Lipinski definition) is 3. The highest BCUT2D eigenvalue weighted by Gasteiger charge is 2.23. The van der Waals surface area contributed by atoms with Crippen molar-refractivity contribution < 1.29 is 13.2 Å². The number of nitrogens with zero attached hydrogens (tertiary/aromatic N) is 1. The van der Waals surface area contributed by atoms with Gasteiger partial charge in [0.05, 0.1) is 12.9 Å². The van der Waals surface area contributed by atoms with Gasteiger partial charge in [0.2, 0.25) is 10.0 Å². The highest BCUT2D eigenvalue weighted by atomic mass is 32.2. The van der Waals surface area contributed by atoms with Gasteiger partial charge in [-0.25, -0.2) is 13.1 Å². The van der Waals surface area contributed by atoms with Crippen LogP contribution in [0.25, 0.3) is 0 Å². The first kappa shape index (κ1) is 20.5. The van der Waals surface area contributed by atoms with Crippen molar-refractivity contribution in [3.63, 3.8) is 0 Å². The summed E-state index contributed by atoms with van der Waals surface area (Å²) in [5, 5.41) is 6.40. The van der Waals surface area contributed by atoms with Gasteiger partial charge in [-0.1, -0.05) is 18.2 Å². The van der Waals surface area contributed by atoms with Crippen molar-refractivity contribution in [1.29, 1.82) is 0 Å². The van der Waals surface area contributed by atoms with Gasteiger partial charge in [0.25, 0.3) is 0 Å². The zero-order valence-corrected chi connectivity index (χ0v) is 16.8. The average molecular weight is 383 g/mol. The molecule has 0 aliphatic heterocycles. The molecule has 1 aromatic carbocycles. The van der Waals surface area contributed by atoms with Crippen molar-refractivity contribution in [2.75, 3.05) is 26.5 Å². The summed E-state index contributed by atoms with van der Waals surface area (Å²) in [5.41, 5.74) is 0.431. The van der Waals surface area contributed by atoms with Gasteiger partial charge in [-0.15, -0.1) is 0 Å². The Morgan fingerprint density at radius 3 is 2.58 bits per heavy atom. The molecule has 1 fully saturated rings. The monoisotopic (exact) mass is 382 g/mol. The summed E-state index contributed by atoms with van der Waals surface area (Å²) in [6, 6.07) is 7.96. The van der Waals surface area contributed by atoms with E-state index in [1.54, 1.807) is 7.05 Å². The number of rotatable bonds is 9. The Morgan fingerprint density at radius 1 is 1.27 bits per heavy atom. The second kappa shape index (κ2) is 8.73. The summed E-state index contributed by atoms with van der Waals surface area (Å²) in [4.78, 5) is 4.19. The van der Waals surface area contributed by atoms with E-state index in [0.29, 0.717) is 25.0 Å². The Morgan fingerprint density at radius 2 is 1.96 bits per heavy atom. The van der Waals surface area contributed by atoms with Crippen molar-refractivity contribution in [2.45, 2.75) is 38.8 Å². The number of benzene rings is 1. The molecule has 0 amide bonds. The Balaban J connectivity index is 1.86. The SMILES string of the molecule is CN=C(NCc1ccccc1OCC1CC1)NCC(C)(C)NS(C)(=O)=O. The zero-order chi connectivity index (χ0) is 19.2. The van der Waals surface area contributed by atoms with E-state index in [9.17, 15) is 8.42 Å². The summed E-state index contributed by atoms with van der Waals surface area (Å²) >= 11 is 0. The Hall–Kier alpha value is -1.80. The van der Waals surface area contributed by atoms with E-state index in [4.69, 9.17) is 4.74 Å². The number of aliphatic imine (C=N–C) groups is 1. The van der Waals surface area contributed by atoms with Gasteiger partial charge in [-0.3, -0.25) is 4.99 Å². The first-order valence-electron chi connectivity index (χ1n) is 8.83. The van der Waals surface area contributed by atoms with Crippen LogP contribution in [0.2, 0.25) is 0 Å². The van der Waals surface area contributed by atoms with Crippen LogP contribution in [0, 0.1) is 5.92 Å². The van der Waals surface area contributed by atoms with Crippen LogP contribution in [-0.4, -0.2) is 46.4 Å². The van der Waals surface area contributed by atoms with E-state index >= 15 is 0 Å². The molecule has 0 heterocycles. The quantitative estimate of drug-likeness (QED) is 0.444. The van der Waals surface area contributed by atoms with Crippen LogP contribution in [0.15, 0.2) is 29.3 Å². The molecule has 0 atom stereocenters. The van der Waals surface area contributed by atoms with Crippen molar-refractivity contribution in [1.82, 2.24) is 15.4 Å². The van der Waals surface area contributed by atoms with Crippen molar-refractivity contribution in [3.05, 3.63) is 29.8 Å². The third-order valence-corrected chi connectivity index (χ3v) is 4.90. The predicted octanol–water partition coefficient (Wildman–Crippen LogP) is 1.47. The molecule has 0 aromatic heterocycles. The maximum atomic E-state index is 11.4. The number of ether oxygens (including phenoxy) is 1. The normalized spacial score (nSPS) is 15.6. The van der Waals surface area contributed by atoms with Crippen molar-refractivity contribution in [3.8, 4) is 5.75 Å². The Labute approximate surface area is 156 Å². The molecule has 7 nitrogen and oxygen atoms in total. The second-order valence-corrected chi connectivity index (χ2v) is 9.15. The molecule has 8 heteroatoms. The molecule has 0 bridgehead atoms. The molecule has 146 valence electrons. The maximum absolute atomic E-state index is 11.4. The number of sulfonamides is 1. The smallest absolute Gasteiger partial charge is 0.209 e.